The minimum absolute atomic E-state index is 0.122. The first-order chi connectivity index (χ1) is 7.54. The Labute approximate surface area is 93.5 Å². The Kier molecular flexibility index (Phi) is 3.86. The molecule has 0 saturated heterocycles. The molecule has 0 radical (unpaired) electrons. The van der Waals surface area contributed by atoms with Gasteiger partial charge in [-0.25, -0.2) is 0 Å². The van der Waals surface area contributed by atoms with Crippen molar-refractivity contribution in [2.75, 3.05) is 20.8 Å². The van der Waals surface area contributed by atoms with E-state index in [1.807, 2.05) is 0 Å². The maximum absolute atomic E-state index is 10.6. The van der Waals surface area contributed by atoms with Crippen molar-refractivity contribution in [1.29, 1.82) is 0 Å². The first-order valence-electron chi connectivity index (χ1n) is 4.83. The average molecular weight is 228 g/mol. The molecule has 0 fully saturated rings. The summed E-state index contributed by atoms with van der Waals surface area (Å²) in [6, 6.07) is 0. The largest absolute Gasteiger partial charge is 0.393 e. The van der Waals surface area contributed by atoms with Crippen molar-refractivity contribution < 1.29 is 9.66 Å². The molecule has 0 aromatic rings. The number of dihydropyridines is 1. The molecule has 1 aliphatic rings. The van der Waals surface area contributed by atoms with E-state index in [4.69, 9.17) is 10.5 Å². The van der Waals surface area contributed by atoms with Gasteiger partial charge in [0.25, 0.3) is 0 Å². The summed E-state index contributed by atoms with van der Waals surface area (Å²) in [5, 5.41) is 16.6. The van der Waals surface area contributed by atoms with Gasteiger partial charge in [-0.2, -0.15) is 0 Å². The average Bonchev–Trinajstić information content (AvgIpc) is 2.26. The SMILES string of the molecule is CNC1(CCOC)C=C(N)C([N+](=O)[O-])=CN1. The van der Waals surface area contributed by atoms with Gasteiger partial charge >= 0.3 is 5.70 Å². The fraction of sp³-hybridized carbons (Fsp3) is 0.556. The molecule has 4 N–H and O–H groups in total. The molecule has 7 heteroatoms. The fourth-order valence-electron chi connectivity index (χ4n) is 1.50. The van der Waals surface area contributed by atoms with E-state index in [9.17, 15) is 10.1 Å². The van der Waals surface area contributed by atoms with Crippen molar-refractivity contribution in [3.05, 3.63) is 33.8 Å². The molecule has 1 aliphatic heterocycles. The Hall–Kier alpha value is -1.60. The number of hydrogen-bond donors (Lipinski definition) is 3. The highest BCUT2D eigenvalue weighted by Crippen LogP contribution is 2.18. The number of nitrogens with one attached hydrogen (secondary N) is 2. The molecule has 0 bridgehead atoms. The molecule has 0 amide bonds. The predicted molar refractivity (Wildman–Crippen MR) is 58.8 cm³/mol. The lowest BCUT2D eigenvalue weighted by Crippen LogP contribution is -2.54. The second-order valence-electron chi connectivity index (χ2n) is 3.49. The summed E-state index contributed by atoms with van der Waals surface area (Å²) in [4.78, 5) is 10.1. The summed E-state index contributed by atoms with van der Waals surface area (Å²) < 4.78 is 4.98. The molecule has 7 nitrogen and oxygen atoms in total. The van der Waals surface area contributed by atoms with E-state index in [-0.39, 0.29) is 11.4 Å². The van der Waals surface area contributed by atoms with Crippen molar-refractivity contribution in [2.45, 2.75) is 12.1 Å². The van der Waals surface area contributed by atoms with Crippen LogP contribution in [0.5, 0.6) is 0 Å². The molecule has 90 valence electrons. The Morgan fingerprint density at radius 3 is 2.88 bits per heavy atom. The van der Waals surface area contributed by atoms with Crippen LogP contribution in [0.3, 0.4) is 0 Å². The van der Waals surface area contributed by atoms with Crippen molar-refractivity contribution in [2.24, 2.45) is 5.73 Å². The summed E-state index contributed by atoms with van der Waals surface area (Å²) in [5.41, 5.74) is 5.07. The van der Waals surface area contributed by atoms with E-state index < -0.39 is 10.6 Å². The summed E-state index contributed by atoms with van der Waals surface area (Å²) in [6.45, 7) is 0.513. The van der Waals surface area contributed by atoms with Gasteiger partial charge in [0.05, 0.1) is 17.7 Å². The molecule has 0 aromatic carbocycles. The summed E-state index contributed by atoms with van der Waals surface area (Å²) >= 11 is 0. The molecule has 0 aromatic heterocycles. The lowest BCUT2D eigenvalue weighted by Gasteiger charge is -2.33. The van der Waals surface area contributed by atoms with Crippen molar-refractivity contribution in [1.82, 2.24) is 10.6 Å². The zero-order valence-corrected chi connectivity index (χ0v) is 9.32. The summed E-state index contributed by atoms with van der Waals surface area (Å²) in [7, 11) is 3.34. The summed E-state index contributed by atoms with van der Waals surface area (Å²) in [5.74, 6) is 0. The number of nitro groups is 1. The lowest BCUT2D eigenvalue weighted by molar-refractivity contribution is -0.421. The van der Waals surface area contributed by atoms with Crippen LogP contribution >= 0.6 is 0 Å². The van der Waals surface area contributed by atoms with Crippen LogP contribution in [-0.4, -0.2) is 31.4 Å². The van der Waals surface area contributed by atoms with E-state index in [1.165, 1.54) is 6.20 Å². The number of rotatable bonds is 5. The molecule has 1 rings (SSSR count). The minimum atomic E-state index is -0.584. The number of nitrogens with two attached hydrogens (primary N) is 1. The van der Waals surface area contributed by atoms with Gasteiger partial charge < -0.3 is 15.8 Å². The first-order valence-corrected chi connectivity index (χ1v) is 4.83. The normalized spacial score (nSPS) is 24.4. The highest BCUT2D eigenvalue weighted by atomic mass is 16.6. The minimum Gasteiger partial charge on any atom is -0.393 e. The predicted octanol–water partition coefficient (Wildman–Crippen LogP) is -0.497. The van der Waals surface area contributed by atoms with Crippen LogP contribution in [0.25, 0.3) is 0 Å². The number of nitrogens with zero attached hydrogens (tertiary/aromatic N) is 1. The van der Waals surface area contributed by atoms with Gasteiger partial charge in [-0.3, -0.25) is 15.4 Å². The van der Waals surface area contributed by atoms with Gasteiger partial charge in [0.2, 0.25) is 0 Å². The Bertz CT molecular complexity index is 340. The van der Waals surface area contributed by atoms with E-state index in [0.29, 0.717) is 13.0 Å². The fourth-order valence-corrected chi connectivity index (χ4v) is 1.50. The van der Waals surface area contributed by atoms with Gasteiger partial charge in [-0.1, -0.05) is 0 Å². The van der Waals surface area contributed by atoms with E-state index in [0.717, 1.165) is 0 Å². The molecular formula is C9H16N4O3. The highest BCUT2D eigenvalue weighted by molar-refractivity contribution is 5.30. The van der Waals surface area contributed by atoms with Gasteiger partial charge in [-0.15, -0.1) is 0 Å². The van der Waals surface area contributed by atoms with E-state index in [2.05, 4.69) is 10.6 Å². The molecule has 1 unspecified atom stereocenters. The molecule has 0 spiro atoms. The third kappa shape index (κ3) is 2.50. The zero-order valence-electron chi connectivity index (χ0n) is 9.32. The van der Waals surface area contributed by atoms with Crippen LogP contribution in [0.4, 0.5) is 0 Å². The molecule has 16 heavy (non-hydrogen) atoms. The van der Waals surface area contributed by atoms with E-state index in [1.54, 1.807) is 20.2 Å². The van der Waals surface area contributed by atoms with Crippen LogP contribution < -0.4 is 16.4 Å². The highest BCUT2D eigenvalue weighted by Gasteiger charge is 2.31. The van der Waals surface area contributed by atoms with Crippen molar-refractivity contribution >= 4 is 0 Å². The quantitative estimate of drug-likeness (QED) is 0.433. The van der Waals surface area contributed by atoms with Gasteiger partial charge in [-0.05, 0) is 13.1 Å². The molecule has 0 saturated carbocycles. The Balaban J connectivity index is 2.85. The topological polar surface area (TPSA) is 102 Å². The third-order valence-electron chi connectivity index (χ3n) is 2.51. The molecule has 1 heterocycles. The smallest absolute Gasteiger partial charge is 0.307 e. The number of likely N-dealkylation sites (N-methyl/N-ethyl adjacent to an activating group) is 1. The Morgan fingerprint density at radius 1 is 1.75 bits per heavy atom. The second kappa shape index (κ2) is 4.95. The van der Waals surface area contributed by atoms with E-state index >= 15 is 0 Å². The lowest BCUT2D eigenvalue weighted by atomic mass is 10.0. The maximum Gasteiger partial charge on any atom is 0.307 e. The number of methoxy groups -OCH3 is 1. The monoisotopic (exact) mass is 228 g/mol. The first kappa shape index (κ1) is 12.5. The maximum atomic E-state index is 10.6. The van der Waals surface area contributed by atoms with Crippen LogP contribution in [0, 0.1) is 10.1 Å². The van der Waals surface area contributed by atoms with Crippen molar-refractivity contribution in [3.63, 3.8) is 0 Å². The molecule has 1 atom stereocenters. The second-order valence-corrected chi connectivity index (χ2v) is 3.49. The van der Waals surface area contributed by atoms with Crippen molar-refractivity contribution in [3.8, 4) is 0 Å². The van der Waals surface area contributed by atoms with Crippen LogP contribution in [0.1, 0.15) is 6.42 Å². The van der Waals surface area contributed by atoms with Gasteiger partial charge in [0.15, 0.2) is 0 Å². The van der Waals surface area contributed by atoms with Crippen LogP contribution in [0.2, 0.25) is 0 Å². The third-order valence-corrected chi connectivity index (χ3v) is 2.51. The Morgan fingerprint density at radius 2 is 2.44 bits per heavy atom. The van der Waals surface area contributed by atoms with Gasteiger partial charge in [0.1, 0.15) is 11.4 Å². The van der Waals surface area contributed by atoms with Crippen LogP contribution in [0.15, 0.2) is 23.7 Å². The number of ether oxygens (including phenoxy) is 1. The molecular weight excluding hydrogens is 212 g/mol. The number of hydrogen-bond acceptors (Lipinski definition) is 6. The standard InChI is InChI=1S/C9H16N4O3/c1-11-9(3-4-16-2)5-7(10)8(6-12-9)13(14)15/h5-6,11-12H,3-4,10H2,1-2H3. The van der Waals surface area contributed by atoms with Gasteiger partial charge in [0, 0.05) is 13.5 Å². The molecule has 0 aliphatic carbocycles. The zero-order chi connectivity index (χ0) is 12.2. The van der Waals surface area contributed by atoms with Crippen LogP contribution in [-0.2, 0) is 4.74 Å². The summed E-state index contributed by atoms with van der Waals surface area (Å²) in [6.07, 6.45) is 3.52.